The van der Waals surface area contributed by atoms with E-state index in [0.29, 0.717) is 6.42 Å². The summed E-state index contributed by atoms with van der Waals surface area (Å²) in [6.07, 6.45) is 4.78. The highest BCUT2D eigenvalue weighted by molar-refractivity contribution is 7.98. The maximum Gasteiger partial charge on any atom is 0.221 e. The third kappa shape index (κ3) is 5.63. The van der Waals surface area contributed by atoms with Crippen LogP contribution in [0.25, 0.3) is 0 Å². The molecule has 0 unspecified atom stereocenters. The fourth-order valence-corrected chi connectivity index (χ4v) is 2.12. The number of nitrogens with one attached hydrogen (secondary N) is 1. The zero-order valence-corrected chi connectivity index (χ0v) is 11.1. The standard InChI is InChI=1S/C13H20N2OS/c1-17-9-5-4-8-15-12-7-3-2-6-11(12)10-13(14)16/h2-3,6-7,15H,4-5,8-10H2,1H3,(H2,14,16). The number of hydrogen-bond donors (Lipinski definition) is 2. The molecule has 1 rings (SSSR count). The van der Waals surface area contributed by atoms with E-state index in [0.717, 1.165) is 24.2 Å². The molecule has 17 heavy (non-hydrogen) atoms. The van der Waals surface area contributed by atoms with Gasteiger partial charge in [-0.15, -0.1) is 0 Å². The maximum absolute atomic E-state index is 10.9. The molecule has 3 nitrogen and oxygen atoms in total. The number of carbonyl (C=O) groups excluding carboxylic acids is 1. The van der Waals surface area contributed by atoms with E-state index < -0.39 is 0 Å². The number of thioether (sulfide) groups is 1. The average molecular weight is 252 g/mol. The molecular weight excluding hydrogens is 232 g/mol. The minimum absolute atomic E-state index is 0.290. The molecular formula is C13H20N2OS. The van der Waals surface area contributed by atoms with Crippen LogP contribution in [-0.2, 0) is 11.2 Å². The van der Waals surface area contributed by atoms with Crippen molar-refractivity contribution < 1.29 is 4.79 Å². The first-order valence-corrected chi connectivity index (χ1v) is 7.22. The fourth-order valence-electron chi connectivity index (χ4n) is 1.63. The molecule has 0 aliphatic carbocycles. The molecule has 1 aromatic rings. The van der Waals surface area contributed by atoms with E-state index in [1.807, 2.05) is 36.0 Å². The minimum Gasteiger partial charge on any atom is -0.385 e. The monoisotopic (exact) mass is 252 g/mol. The Morgan fingerprint density at radius 3 is 2.82 bits per heavy atom. The molecule has 0 radical (unpaired) electrons. The molecule has 0 aliphatic heterocycles. The lowest BCUT2D eigenvalue weighted by atomic mass is 10.1. The summed E-state index contributed by atoms with van der Waals surface area (Å²) in [5.74, 6) is 0.909. The van der Waals surface area contributed by atoms with Gasteiger partial charge in [-0.3, -0.25) is 4.79 Å². The summed E-state index contributed by atoms with van der Waals surface area (Å²) < 4.78 is 0. The van der Waals surface area contributed by atoms with Gasteiger partial charge in [0.2, 0.25) is 5.91 Å². The fraction of sp³-hybridized carbons (Fsp3) is 0.462. The molecule has 0 saturated carbocycles. The molecule has 1 amide bonds. The van der Waals surface area contributed by atoms with Crippen LogP contribution in [-0.4, -0.2) is 24.5 Å². The molecule has 0 saturated heterocycles. The molecule has 0 bridgehead atoms. The molecule has 4 heteroatoms. The SMILES string of the molecule is CSCCCCNc1ccccc1CC(N)=O. The van der Waals surface area contributed by atoms with E-state index in [1.54, 1.807) is 0 Å². The summed E-state index contributed by atoms with van der Waals surface area (Å²) in [5.41, 5.74) is 7.22. The lowest BCUT2D eigenvalue weighted by Crippen LogP contribution is -2.15. The van der Waals surface area contributed by atoms with Crippen LogP contribution in [0.2, 0.25) is 0 Å². The van der Waals surface area contributed by atoms with Gasteiger partial charge in [0, 0.05) is 12.2 Å². The number of anilines is 1. The van der Waals surface area contributed by atoms with Crippen molar-refractivity contribution in [3.05, 3.63) is 29.8 Å². The first-order chi connectivity index (χ1) is 8.24. The maximum atomic E-state index is 10.9. The van der Waals surface area contributed by atoms with Crippen LogP contribution in [0.3, 0.4) is 0 Å². The van der Waals surface area contributed by atoms with Crippen molar-refractivity contribution in [1.29, 1.82) is 0 Å². The van der Waals surface area contributed by atoms with Crippen LogP contribution in [0.1, 0.15) is 18.4 Å². The molecule has 0 heterocycles. The van der Waals surface area contributed by atoms with Gasteiger partial charge < -0.3 is 11.1 Å². The Kier molecular flexibility index (Phi) is 6.55. The topological polar surface area (TPSA) is 55.1 Å². The number of rotatable bonds is 8. The van der Waals surface area contributed by atoms with Crippen molar-refractivity contribution >= 4 is 23.4 Å². The van der Waals surface area contributed by atoms with Crippen LogP contribution in [0.4, 0.5) is 5.69 Å². The Morgan fingerprint density at radius 1 is 1.35 bits per heavy atom. The van der Waals surface area contributed by atoms with Gasteiger partial charge in [0.1, 0.15) is 0 Å². The van der Waals surface area contributed by atoms with E-state index in [2.05, 4.69) is 11.6 Å². The second-order valence-electron chi connectivity index (χ2n) is 3.93. The van der Waals surface area contributed by atoms with Gasteiger partial charge in [-0.25, -0.2) is 0 Å². The van der Waals surface area contributed by atoms with Crippen LogP contribution in [0, 0.1) is 0 Å². The number of primary amides is 1. The number of amides is 1. The Balaban J connectivity index is 2.43. The largest absolute Gasteiger partial charge is 0.385 e. The summed E-state index contributed by atoms with van der Waals surface area (Å²) >= 11 is 1.87. The third-order valence-electron chi connectivity index (χ3n) is 2.47. The normalized spacial score (nSPS) is 10.2. The molecule has 0 fully saturated rings. The average Bonchev–Trinajstić information content (AvgIpc) is 2.30. The molecule has 3 N–H and O–H groups in total. The summed E-state index contributed by atoms with van der Waals surface area (Å²) in [6.45, 7) is 0.941. The lowest BCUT2D eigenvalue weighted by molar-refractivity contribution is -0.117. The smallest absolute Gasteiger partial charge is 0.221 e. The number of para-hydroxylation sites is 1. The third-order valence-corrected chi connectivity index (χ3v) is 3.17. The van der Waals surface area contributed by atoms with Gasteiger partial charge in [0.25, 0.3) is 0 Å². The van der Waals surface area contributed by atoms with Crippen LogP contribution >= 0.6 is 11.8 Å². The molecule has 0 aliphatic rings. The van der Waals surface area contributed by atoms with Crippen LogP contribution < -0.4 is 11.1 Å². The van der Waals surface area contributed by atoms with Gasteiger partial charge in [-0.05, 0) is 36.5 Å². The second-order valence-corrected chi connectivity index (χ2v) is 4.91. The van der Waals surface area contributed by atoms with Gasteiger partial charge in [0.05, 0.1) is 6.42 Å². The van der Waals surface area contributed by atoms with Gasteiger partial charge in [-0.2, -0.15) is 11.8 Å². The lowest BCUT2D eigenvalue weighted by Gasteiger charge is -2.10. The van der Waals surface area contributed by atoms with E-state index in [4.69, 9.17) is 5.73 Å². The predicted octanol–water partition coefficient (Wildman–Crippen LogP) is 2.27. The quantitative estimate of drug-likeness (QED) is 0.698. The summed E-state index contributed by atoms with van der Waals surface area (Å²) in [4.78, 5) is 10.9. The van der Waals surface area contributed by atoms with Crippen LogP contribution in [0.5, 0.6) is 0 Å². The zero-order chi connectivity index (χ0) is 12.5. The van der Waals surface area contributed by atoms with Gasteiger partial charge >= 0.3 is 0 Å². The Labute approximate surface area is 107 Å². The molecule has 0 aromatic heterocycles. The predicted molar refractivity (Wildman–Crippen MR) is 75.4 cm³/mol. The highest BCUT2D eigenvalue weighted by Crippen LogP contribution is 2.15. The van der Waals surface area contributed by atoms with Crippen molar-refractivity contribution in [2.75, 3.05) is 23.9 Å². The van der Waals surface area contributed by atoms with Crippen molar-refractivity contribution in [2.24, 2.45) is 5.73 Å². The van der Waals surface area contributed by atoms with E-state index in [9.17, 15) is 4.79 Å². The second kappa shape index (κ2) is 8.01. The van der Waals surface area contributed by atoms with E-state index >= 15 is 0 Å². The summed E-state index contributed by atoms with van der Waals surface area (Å²) in [6, 6.07) is 7.83. The van der Waals surface area contributed by atoms with Gasteiger partial charge in [-0.1, -0.05) is 18.2 Å². The minimum atomic E-state index is -0.290. The van der Waals surface area contributed by atoms with Crippen molar-refractivity contribution in [2.45, 2.75) is 19.3 Å². The Bertz CT molecular complexity index is 355. The first kappa shape index (κ1) is 13.9. The van der Waals surface area contributed by atoms with Crippen molar-refractivity contribution in [3.8, 4) is 0 Å². The molecule has 0 atom stereocenters. The van der Waals surface area contributed by atoms with Gasteiger partial charge in [0.15, 0.2) is 0 Å². The zero-order valence-electron chi connectivity index (χ0n) is 10.2. The number of unbranched alkanes of at least 4 members (excludes halogenated alkanes) is 1. The van der Waals surface area contributed by atoms with E-state index in [1.165, 1.54) is 12.2 Å². The summed E-state index contributed by atoms with van der Waals surface area (Å²) in [5, 5.41) is 3.36. The number of nitrogens with two attached hydrogens (primary N) is 1. The first-order valence-electron chi connectivity index (χ1n) is 5.83. The number of carbonyl (C=O) groups is 1. The van der Waals surface area contributed by atoms with E-state index in [-0.39, 0.29) is 5.91 Å². The number of hydrogen-bond acceptors (Lipinski definition) is 3. The highest BCUT2D eigenvalue weighted by atomic mass is 32.2. The van der Waals surface area contributed by atoms with Crippen LogP contribution in [0.15, 0.2) is 24.3 Å². The molecule has 94 valence electrons. The molecule has 0 spiro atoms. The van der Waals surface area contributed by atoms with Crippen molar-refractivity contribution in [1.82, 2.24) is 0 Å². The summed E-state index contributed by atoms with van der Waals surface area (Å²) in [7, 11) is 0. The highest BCUT2D eigenvalue weighted by Gasteiger charge is 2.03. The molecule has 1 aromatic carbocycles. The Morgan fingerprint density at radius 2 is 2.12 bits per heavy atom. The van der Waals surface area contributed by atoms with Crippen molar-refractivity contribution in [3.63, 3.8) is 0 Å². The number of benzene rings is 1. The Hall–Kier alpha value is -1.16.